The average molecular weight is 998 g/mol. The van der Waals surface area contributed by atoms with Crippen molar-refractivity contribution in [1.29, 1.82) is 0 Å². The van der Waals surface area contributed by atoms with Crippen LogP contribution >= 0.6 is 0 Å². The third-order valence-corrected chi connectivity index (χ3v) is 14.1. The summed E-state index contributed by atoms with van der Waals surface area (Å²) in [5.41, 5.74) is 18.7. The topological polar surface area (TPSA) is 28.4 Å². The van der Waals surface area contributed by atoms with Crippen molar-refractivity contribution in [3.05, 3.63) is 178 Å². The zero-order valence-corrected chi connectivity index (χ0v) is 40.7. The maximum atomic E-state index is 6.71. The summed E-state index contributed by atoms with van der Waals surface area (Å²) in [7, 11) is 0. The van der Waals surface area contributed by atoms with E-state index in [0.29, 0.717) is 35.2 Å². The van der Waals surface area contributed by atoms with Crippen LogP contribution in [0.5, 0.6) is 11.5 Å². The third kappa shape index (κ3) is 6.96. The molecule has 0 saturated carbocycles. The van der Waals surface area contributed by atoms with E-state index in [2.05, 4.69) is 207 Å². The molecule has 0 saturated heterocycles. The molecule has 2 aliphatic heterocycles. The summed E-state index contributed by atoms with van der Waals surface area (Å²) in [6, 6.07) is 42.7. The van der Waals surface area contributed by atoms with Crippen LogP contribution in [-0.4, -0.2) is 0 Å². The summed E-state index contributed by atoms with van der Waals surface area (Å²) in [5, 5.41) is 3.58. The van der Waals surface area contributed by atoms with Crippen LogP contribution in [0.25, 0.3) is 28.1 Å². The minimum atomic E-state index is -0.250. The fourth-order valence-corrected chi connectivity index (χ4v) is 10.3. The Kier molecular flexibility index (Phi) is 11.5. The first-order valence-electron chi connectivity index (χ1n) is 22.3. The molecule has 1 aromatic heterocycles. The van der Waals surface area contributed by atoms with E-state index in [9.17, 15) is 0 Å². The number of anilines is 1. The number of hydrogen-bond acceptors (Lipinski definition) is 3. The van der Waals surface area contributed by atoms with Gasteiger partial charge in [0.25, 0.3) is 0 Å². The smallest absolute Gasteiger partial charge is 0.514 e. The number of benzene rings is 5. The van der Waals surface area contributed by atoms with Gasteiger partial charge in [-0.05, 0) is 79.6 Å². The summed E-state index contributed by atoms with van der Waals surface area (Å²) in [5.74, 6) is 2.83. The van der Waals surface area contributed by atoms with Gasteiger partial charge in [0.1, 0.15) is 5.69 Å². The molecule has 9 rings (SSSR count). The van der Waals surface area contributed by atoms with Crippen LogP contribution in [0.15, 0.2) is 103 Å². The van der Waals surface area contributed by atoms with Crippen LogP contribution in [0, 0.1) is 25.0 Å². The Bertz CT molecular complexity index is 2670. The minimum Gasteiger partial charge on any atom is -0.514 e. The Morgan fingerprint density at radius 2 is 1.26 bits per heavy atom. The maximum absolute atomic E-state index is 6.71. The van der Waals surface area contributed by atoms with E-state index in [-0.39, 0.29) is 37.9 Å². The Labute approximate surface area is 385 Å². The second-order valence-electron chi connectivity index (χ2n) is 19.6. The molecule has 62 heavy (non-hydrogen) atoms. The molecule has 3 heterocycles. The second-order valence-corrected chi connectivity index (χ2v) is 19.6. The van der Waals surface area contributed by atoms with E-state index in [4.69, 9.17) is 4.74 Å². The number of nitrogens with one attached hydrogen (secondary N) is 1. The van der Waals surface area contributed by atoms with Crippen LogP contribution in [-0.2, 0) is 31.9 Å². The Balaban J connectivity index is 0.00000529. The van der Waals surface area contributed by atoms with Crippen LogP contribution in [0.4, 0.5) is 5.69 Å². The predicted octanol–water partition coefficient (Wildman–Crippen LogP) is 14.0. The molecule has 1 unspecified atom stereocenters. The van der Waals surface area contributed by atoms with Crippen molar-refractivity contribution in [2.45, 2.75) is 124 Å². The van der Waals surface area contributed by atoms with Gasteiger partial charge in [0, 0.05) is 22.6 Å². The molecular formula is C57H60N3OPt+. The van der Waals surface area contributed by atoms with Gasteiger partial charge in [-0.3, -0.25) is 4.57 Å². The van der Waals surface area contributed by atoms with Crippen molar-refractivity contribution in [3.63, 3.8) is 0 Å². The summed E-state index contributed by atoms with van der Waals surface area (Å²) in [4.78, 5) is 2.10. The van der Waals surface area contributed by atoms with Gasteiger partial charge in [0.15, 0.2) is 12.2 Å². The number of nitrogens with zero attached hydrogens (tertiary/aromatic N) is 2. The van der Waals surface area contributed by atoms with Crippen LogP contribution < -0.4 is 19.5 Å². The van der Waals surface area contributed by atoms with Crippen molar-refractivity contribution in [3.8, 4) is 33.9 Å². The Hall–Kier alpha value is -4.92. The molecule has 0 amide bonds. The first-order chi connectivity index (χ1) is 29.1. The van der Waals surface area contributed by atoms with E-state index in [0.717, 1.165) is 17.1 Å². The van der Waals surface area contributed by atoms with Gasteiger partial charge < -0.3 is 15.0 Å². The SMILES string of the molecule is CC(C)c1cccc(C(C)C)c1C1=CN(c2[c-]c(Oc3[c-][n+]4c(cc3)-c3cccc5c3C4c3[c-]ccc(-c4c(C(C)C)cccc4C(C)C)c3C(C)(C)C5(C)C)ccc2)[CH-]N1.[Pt+4]. The standard InChI is InChI=1S/C57H60N3O.Pt/c1-34(2)41-20-14-21-42(35(3)4)51(41)46-25-16-26-47-54(46)57(11,12)56(9,10)48-27-17-24-45-50-29-28-40(31-60(50)55(47)53(45)48)61-39-19-13-18-38(30-39)59-32-49(58-33-59)52-43(36(5)6)22-15-23-44(52)37(7)8;/h13-25,27-29,32-37,55,58H,1-12H3;/q-3;+4. The first kappa shape index (κ1) is 43.7. The number of rotatable bonds is 9. The van der Waals surface area contributed by atoms with Crippen molar-refractivity contribution in [1.82, 2.24) is 5.32 Å². The molecule has 5 aromatic carbocycles. The normalized spacial score (nSPS) is 16.7. The van der Waals surface area contributed by atoms with Gasteiger partial charge in [-0.2, -0.15) is 30.9 Å². The molecule has 4 nitrogen and oxygen atoms in total. The Morgan fingerprint density at radius 1 is 0.661 bits per heavy atom. The molecule has 318 valence electrons. The number of aromatic nitrogens is 1. The van der Waals surface area contributed by atoms with E-state index in [1.165, 1.54) is 66.8 Å². The van der Waals surface area contributed by atoms with Gasteiger partial charge in [-0.25, -0.2) is 0 Å². The van der Waals surface area contributed by atoms with Gasteiger partial charge in [0.05, 0.1) is 5.75 Å². The van der Waals surface area contributed by atoms with Gasteiger partial charge >= 0.3 is 21.1 Å². The molecule has 1 N–H and O–H groups in total. The quantitative estimate of drug-likeness (QED) is 0.115. The zero-order valence-electron chi connectivity index (χ0n) is 38.4. The summed E-state index contributed by atoms with van der Waals surface area (Å²) in [6.07, 6.45) is 5.96. The molecule has 1 aliphatic carbocycles. The van der Waals surface area contributed by atoms with Crippen molar-refractivity contribution < 1.29 is 30.4 Å². The van der Waals surface area contributed by atoms with E-state index >= 15 is 0 Å². The first-order valence-corrected chi connectivity index (χ1v) is 22.3. The number of pyridine rings is 1. The van der Waals surface area contributed by atoms with Crippen molar-refractivity contribution >= 4 is 11.4 Å². The van der Waals surface area contributed by atoms with Gasteiger partial charge in [0.2, 0.25) is 0 Å². The maximum Gasteiger partial charge on any atom is 4.00 e. The Morgan fingerprint density at radius 3 is 1.89 bits per heavy atom. The van der Waals surface area contributed by atoms with Gasteiger partial charge in [-0.15, -0.1) is 41.1 Å². The van der Waals surface area contributed by atoms with E-state index in [1.807, 2.05) is 18.8 Å². The average Bonchev–Trinajstić information content (AvgIpc) is 3.84. The fourth-order valence-electron chi connectivity index (χ4n) is 10.3. The monoisotopic (exact) mass is 997 g/mol. The van der Waals surface area contributed by atoms with Gasteiger partial charge in [-0.1, -0.05) is 149 Å². The molecule has 0 radical (unpaired) electrons. The number of fused-ring (bicyclic) bond motifs is 5. The van der Waals surface area contributed by atoms with Crippen molar-refractivity contribution in [2.24, 2.45) is 0 Å². The van der Waals surface area contributed by atoms with Crippen LogP contribution in [0.1, 0.15) is 163 Å². The number of hydrogen-bond donors (Lipinski definition) is 1. The molecule has 0 fully saturated rings. The molecule has 3 aliphatic rings. The van der Waals surface area contributed by atoms with Crippen LogP contribution in [0.3, 0.4) is 0 Å². The van der Waals surface area contributed by atoms with E-state index in [1.54, 1.807) is 0 Å². The van der Waals surface area contributed by atoms with Crippen LogP contribution in [0.2, 0.25) is 0 Å². The van der Waals surface area contributed by atoms with Crippen molar-refractivity contribution in [2.75, 3.05) is 4.90 Å². The molecule has 6 aromatic rings. The predicted molar refractivity (Wildman–Crippen MR) is 251 cm³/mol. The number of ether oxygens (including phenoxy) is 1. The zero-order chi connectivity index (χ0) is 43.1. The molecule has 5 heteroatoms. The second kappa shape index (κ2) is 16.3. The summed E-state index contributed by atoms with van der Waals surface area (Å²) < 4.78 is 9.04. The summed E-state index contributed by atoms with van der Waals surface area (Å²) >= 11 is 0. The molecule has 1 atom stereocenters. The molecule has 0 spiro atoms. The molecular weight excluding hydrogens is 938 g/mol. The minimum absolute atomic E-state index is 0. The van der Waals surface area contributed by atoms with E-state index < -0.39 is 0 Å². The summed E-state index contributed by atoms with van der Waals surface area (Å²) in [6.45, 7) is 30.2. The molecule has 0 bridgehead atoms. The largest absolute Gasteiger partial charge is 4.00 e. The fraction of sp³-hybridized carbons (Fsp3) is 0.333. The third-order valence-electron chi connectivity index (χ3n) is 14.1.